The minimum Gasteiger partial charge on any atom is -0.385 e. The third-order valence-corrected chi connectivity index (χ3v) is 8.46. The van der Waals surface area contributed by atoms with E-state index in [0.29, 0.717) is 11.8 Å². The summed E-state index contributed by atoms with van der Waals surface area (Å²) in [5.41, 5.74) is 0. The lowest BCUT2D eigenvalue weighted by Crippen LogP contribution is -2.51. The molecule has 1 aliphatic carbocycles. The number of likely N-dealkylation sites (N-methyl/N-ethyl adjacent to an activating group) is 1. The van der Waals surface area contributed by atoms with E-state index >= 15 is 0 Å². The molecule has 2 heterocycles. The number of likely N-dealkylation sites (tertiary alicyclic amines) is 1. The molecule has 3 rings (SSSR count). The van der Waals surface area contributed by atoms with E-state index in [1.54, 1.807) is 7.11 Å². The number of nitrogens with zero attached hydrogens (tertiary/aromatic N) is 1. The summed E-state index contributed by atoms with van der Waals surface area (Å²) in [7, 11) is 3.77. The van der Waals surface area contributed by atoms with Gasteiger partial charge in [-0.25, -0.2) is 4.79 Å². The van der Waals surface area contributed by atoms with E-state index in [4.69, 9.17) is 4.74 Å². The number of carbonyl (C=O) groups is 1. The molecule has 1 saturated heterocycles. The van der Waals surface area contributed by atoms with Gasteiger partial charge < -0.3 is 20.3 Å². The van der Waals surface area contributed by atoms with Gasteiger partial charge in [0.25, 0.3) is 0 Å². The van der Waals surface area contributed by atoms with Crippen molar-refractivity contribution in [2.24, 2.45) is 11.8 Å². The summed E-state index contributed by atoms with van der Waals surface area (Å²) in [4.78, 5) is 16.8. The van der Waals surface area contributed by atoms with Crippen LogP contribution in [0.2, 0.25) is 0 Å². The van der Waals surface area contributed by atoms with Gasteiger partial charge in [0.05, 0.1) is 0 Å². The Morgan fingerprint density at radius 2 is 2.06 bits per heavy atom. The number of unbranched alkanes of at least 4 members (excludes halogenated alkanes) is 1. The summed E-state index contributed by atoms with van der Waals surface area (Å²) < 4.78 is 5.26. The van der Waals surface area contributed by atoms with Crippen molar-refractivity contribution >= 4 is 17.4 Å². The molecule has 1 aliphatic heterocycles. The molecule has 0 radical (unpaired) electrons. The molecule has 2 fully saturated rings. The number of urea groups is 1. The standard InChI is InChI=1S/C26H45N3O2S/c1-27-19-23(18-21-10-4-3-5-11-21)28-26(30)29-15-8-12-22(20-29)24(13-6-7-16-31-2)25-14-9-17-32-25/h9,14,17,21-24,27H,3-8,10-13,15-16,18-20H2,1-2H3,(H,28,30)/t22?,23-,24?/m0/s1. The lowest BCUT2D eigenvalue weighted by Gasteiger charge is -2.38. The third-order valence-electron chi connectivity index (χ3n) is 7.46. The van der Waals surface area contributed by atoms with Crippen LogP contribution >= 0.6 is 11.3 Å². The largest absolute Gasteiger partial charge is 0.385 e. The predicted octanol–water partition coefficient (Wildman–Crippen LogP) is 5.63. The Bertz CT molecular complexity index is 633. The topological polar surface area (TPSA) is 53.6 Å². The lowest BCUT2D eigenvalue weighted by atomic mass is 9.81. The van der Waals surface area contributed by atoms with E-state index in [0.717, 1.165) is 51.4 Å². The molecule has 0 aromatic carbocycles. The highest BCUT2D eigenvalue weighted by atomic mass is 32.1. The molecule has 1 aromatic heterocycles. The Labute approximate surface area is 199 Å². The van der Waals surface area contributed by atoms with Crippen molar-refractivity contribution in [3.05, 3.63) is 22.4 Å². The summed E-state index contributed by atoms with van der Waals surface area (Å²) in [5, 5.41) is 8.90. The SMILES string of the molecule is CNC[C@H](CC1CCCCC1)NC(=O)N1CCCC(C(CCCCOC)c2cccs2)C1. The first kappa shape index (κ1) is 25.5. The number of methoxy groups -OCH3 is 1. The van der Waals surface area contributed by atoms with E-state index in [1.807, 2.05) is 18.4 Å². The fourth-order valence-corrected chi connectivity index (χ4v) is 6.73. The molecule has 1 saturated carbocycles. The molecule has 6 heteroatoms. The van der Waals surface area contributed by atoms with Gasteiger partial charge in [-0.1, -0.05) is 44.6 Å². The number of hydrogen-bond acceptors (Lipinski definition) is 4. The maximum Gasteiger partial charge on any atom is 0.317 e. The summed E-state index contributed by atoms with van der Waals surface area (Å²) in [6.45, 7) is 3.47. The quantitative estimate of drug-likeness (QED) is 0.395. The van der Waals surface area contributed by atoms with Crippen LogP contribution in [0.15, 0.2) is 17.5 Å². The Morgan fingerprint density at radius 3 is 2.78 bits per heavy atom. The fraction of sp³-hybridized carbons (Fsp3) is 0.808. The summed E-state index contributed by atoms with van der Waals surface area (Å²) >= 11 is 1.88. The van der Waals surface area contributed by atoms with E-state index < -0.39 is 0 Å². The minimum atomic E-state index is 0.148. The fourth-order valence-electron chi connectivity index (χ4n) is 5.78. The molecule has 0 spiro atoms. The van der Waals surface area contributed by atoms with Gasteiger partial charge in [-0.2, -0.15) is 0 Å². The number of thiophene rings is 1. The van der Waals surface area contributed by atoms with Crippen LogP contribution in [-0.4, -0.2) is 57.4 Å². The van der Waals surface area contributed by atoms with Gasteiger partial charge in [-0.05, 0) is 68.4 Å². The number of piperidine rings is 1. The number of carbonyl (C=O) groups excluding carboxylic acids is 1. The zero-order chi connectivity index (χ0) is 22.6. The first-order chi connectivity index (χ1) is 15.7. The molecule has 2 unspecified atom stereocenters. The average molecular weight is 464 g/mol. The highest BCUT2D eigenvalue weighted by Crippen LogP contribution is 2.38. The van der Waals surface area contributed by atoms with E-state index in [1.165, 1.54) is 56.2 Å². The molecule has 5 nitrogen and oxygen atoms in total. The maximum atomic E-state index is 13.3. The summed E-state index contributed by atoms with van der Waals surface area (Å²) in [5.74, 6) is 1.88. The first-order valence-corrected chi connectivity index (χ1v) is 13.8. The third kappa shape index (κ3) is 8.03. The van der Waals surface area contributed by atoms with Crippen LogP contribution in [0.1, 0.15) is 81.4 Å². The van der Waals surface area contributed by atoms with Gasteiger partial charge in [-0.3, -0.25) is 0 Å². The monoisotopic (exact) mass is 463 g/mol. The van der Waals surface area contributed by atoms with Crippen LogP contribution in [0.5, 0.6) is 0 Å². The molecule has 182 valence electrons. The van der Waals surface area contributed by atoms with Crippen molar-refractivity contribution in [3.63, 3.8) is 0 Å². The second-order valence-corrected chi connectivity index (χ2v) is 10.9. The Kier molecular flexibility index (Phi) is 11.3. The number of amides is 2. The zero-order valence-electron chi connectivity index (χ0n) is 20.3. The van der Waals surface area contributed by atoms with Gasteiger partial charge in [0.1, 0.15) is 0 Å². The van der Waals surface area contributed by atoms with Gasteiger partial charge in [0.2, 0.25) is 0 Å². The Balaban J connectivity index is 1.56. The van der Waals surface area contributed by atoms with Crippen molar-refractivity contribution in [2.45, 2.75) is 82.6 Å². The predicted molar refractivity (Wildman–Crippen MR) is 135 cm³/mol. The molecular formula is C26H45N3O2S. The molecule has 32 heavy (non-hydrogen) atoms. The van der Waals surface area contributed by atoms with Crippen LogP contribution in [0.3, 0.4) is 0 Å². The van der Waals surface area contributed by atoms with Gasteiger partial charge in [0, 0.05) is 44.3 Å². The van der Waals surface area contributed by atoms with Crippen LogP contribution in [-0.2, 0) is 4.74 Å². The normalized spacial score (nSPS) is 21.9. The second-order valence-electron chi connectivity index (χ2n) is 9.90. The number of nitrogens with one attached hydrogen (secondary N) is 2. The van der Waals surface area contributed by atoms with Crippen molar-refractivity contribution < 1.29 is 9.53 Å². The van der Waals surface area contributed by atoms with E-state index in [2.05, 4.69) is 33.0 Å². The number of hydrogen-bond donors (Lipinski definition) is 2. The van der Waals surface area contributed by atoms with E-state index in [-0.39, 0.29) is 12.1 Å². The summed E-state index contributed by atoms with van der Waals surface area (Å²) in [6, 6.07) is 4.84. The number of ether oxygens (including phenoxy) is 1. The van der Waals surface area contributed by atoms with Gasteiger partial charge >= 0.3 is 6.03 Å². The lowest BCUT2D eigenvalue weighted by molar-refractivity contribution is 0.147. The minimum absolute atomic E-state index is 0.148. The van der Waals surface area contributed by atoms with Crippen molar-refractivity contribution in [2.75, 3.05) is 40.4 Å². The van der Waals surface area contributed by atoms with Crippen molar-refractivity contribution in [1.82, 2.24) is 15.5 Å². The number of rotatable bonds is 12. The van der Waals surface area contributed by atoms with Crippen LogP contribution in [0.25, 0.3) is 0 Å². The van der Waals surface area contributed by atoms with Gasteiger partial charge in [0.15, 0.2) is 0 Å². The van der Waals surface area contributed by atoms with Crippen molar-refractivity contribution in [1.29, 1.82) is 0 Å². The maximum absolute atomic E-state index is 13.3. The van der Waals surface area contributed by atoms with Crippen molar-refractivity contribution in [3.8, 4) is 0 Å². The second kappa shape index (κ2) is 14.2. The molecule has 2 N–H and O–H groups in total. The zero-order valence-corrected chi connectivity index (χ0v) is 21.1. The Hall–Kier alpha value is -1.11. The van der Waals surface area contributed by atoms with Crippen LogP contribution < -0.4 is 10.6 Å². The molecule has 3 atom stereocenters. The highest BCUT2D eigenvalue weighted by Gasteiger charge is 2.31. The molecular weight excluding hydrogens is 418 g/mol. The van der Waals surface area contributed by atoms with E-state index in [9.17, 15) is 4.79 Å². The molecule has 1 aromatic rings. The molecule has 2 aliphatic rings. The van der Waals surface area contributed by atoms with Crippen LogP contribution in [0.4, 0.5) is 4.79 Å². The van der Waals surface area contributed by atoms with Crippen LogP contribution in [0, 0.1) is 11.8 Å². The molecule has 2 amide bonds. The summed E-state index contributed by atoms with van der Waals surface area (Å²) in [6.07, 6.45) is 13.7. The smallest absolute Gasteiger partial charge is 0.317 e. The Morgan fingerprint density at radius 1 is 1.22 bits per heavy atom. The molecule has 0 bridgehead atoms. The highest BCUT2D eigenvalue weighted by molar-refractivity contribution is 7.10. The van der Waals surface area contributed by atoms with Gasteiger partial charge in [-0.15, -0.1) is 11.3 Å². The average Bonchev–Trinajstić information content (AvgIpc) is 3.34. The first-order valence-electron chi connectivity index (χ1n) is 12.9.